The Morgan fingerprint density at radius 1 is 1.07 bits per heavy atom. The third kappa shape index (κ3) is 8.08. The van der Waals surface area contributed by atoms with E-state index in [9.17, 15) is 14.4 Å². The second-order valence-corrected chi connectivity index (χ2v) is 6.80. The van der Waals surface area contributed by atoms with E-state index in [1.807, 2.05) is 38.1 Å². The van der Waals surface area contributed by atoms with Gasteiger partial charge in [-0.1, -0.05) is 32.9 Å². The van der Waals surface area contributed by atoms with Gasteiger partial charge < -0.3 is 27.4 Å². The summed E-state index contributed by atoms with van der Waals surface area (Å²) in [5, 5.41) is 7.99. The number of benzene rings is 1. The summed E-state index contributed by atoms with van der Waals surface area (Å²) in [5.41, 5.74) is 12.7. The van der Waals surface area contributed by atoms with Crippen LogP contribution in [0, 0.1) is 5.92 Å². The van der Waals surface area contributed by atoms with Crippen LogP contribution < -0.4 is 27.4 Å². The van der Waals surface area contributed by atoms with Crippen LogP contribution in [0.5, 0.6) is 0 Å². The summed E-state index contributed by atoms with van der Waals surface area (Å²) in [6, 6.07) is 5.44. The number of rotatable bonds is 10. The first-order chi connectivity index (χ1) is 12.7. The summed E-state index contributed by atoms with van der Waals surface area (Å²) >= 11 is 0. The van der Waals surface area contributed by atoms with Crippen molar-refractivity contribution in [3.63, 3.8) is 0 Å². The standard InChI is InChI=1S/C19H31N5O3/c1-4-13-7-9-14(10-8-13)23-17(25)15(6-5-11-22-19(21)27)24-18(26)16(20)12(2)3/h7-10,12,15-16H,4-6,11,20H2,1-3H3,(H,23,25)(H,24,26)(H3,21,22,27)/t15-,16-/m0/s1. The van der Waals surface area contributed by atoms with Gasteiger partial charge in [-0.2, -0.15) is 0 Å². The summed E-state index contributed by atoms with van der Waals surface area (Å²) in [6.07, 6.45) is 1.73. The van der Waals surface area contributed by atoms with Crippen LogP contribution in [-0.2, 0) is 16.0 Å². The van der Waals surface area contributed by atoms with Crippen LogP contribution in [0.2, 0.25) is 0 Å². The molecule has 8 heteroatoms. The zero-order valence-corrected chi connectivity index (χ0v) is 16.2. The van der Waals surface area contributed by atoms with E-state index >= 15 is 0 Å². The van der Waals surface area contributed by atoms with Crippen LogP contribution in [0.4, 0.5) is 10.5 Å². The fourth-order valence-electron chi connectivity index (χ4n) is 2.41. The fraction of sp³-hybridized carbons (Fsp3) is 0.526. The number of primary amides is 1. The SMILES string of the molecule is CCc1ccc(NC(=O)[C@H](CCCNC(N)=O)NC(=O)[C@@H](N)C(C)C)cc1. The van der Waals surface area contributed by atoms with Gasteiger partial charge in [0.15, 0.2) is 0 Å². The molecule has 8 nitrogen and oxygen atoms in total. The summed E-state index contributed by atoms with van der Waals surface area (Å²) in [4.78, 5) is 35.7. The largest absolute Gasteiger partial charge is 0.352 e. The van der Waals surface area contributed by atoms with Crippen molar-refractivity contribution >= 4 is 23.5 Å². The van der Waals surface area contributed by atoms with E-state index in [2.05, 4.69) is 22.9 Å². The van der Waals surface area contributed by atoms with E-state index in [1.54, 1.807) is 0 Å². The van der Waals surface area contributed by atoms with Gasteiger partial charge in [-0.05, 0) is 42.9 Å². The molecular weight excluding hydrogens is 346 g/mol. The van der Waals surface area contributed by atoms with Gasteiger partial charge in [-0.25, -0.2) is 4.79 Å². The highest BCUT2D eigenvalue weighted by Crippen LogP contribution is 2.11. The maximum atomic E-state index is 12.6. The lowest BCUT2D eigenvalue weighted by molar-refractivity contribution is -0.128. The Balaban J connectivity index is 2.75. The van der Waals surface area contributed by atoms with Crippen molar-refractivity contribution in [3.05, 3.63) is 29.8 Å². The molecule has 0 aliphatic heterocycles. The fourth-order valence-corrected chi connectivity index (χ4v) is 2.41. The Morgan fingerprint density at radius 2 is 1.70 bits per heavy atom. The van der Waals surface area contributed by atoms with E-state index in [1.165, 1.54) is 5.56 Å². The van der Waals surface area contributed by atoms with Crippen LogP contribution in [0.15, 0.2) is 24.3 Å². The summed E-state index contributed by atoms with van der Waals surface area (Å²) in [5.74, 6) is -0.760. The second kappa shape index (κ2) is 11.2. The van der Waals surface area contributed by atoms with Crippen LogP contribution in [0.3, 0.4) is 0 Å². The molecule has 0 aromatic heterocycles. The molecule has 0 unspecified atom stereocenters. The first-order valence-electron chi connectivity index (χ1n) is 9.23. The number of amides is 4. The number of carbonyl (C=O) groups is 3. The maximum Gasteiger partial charge on any atom is 0.312 e. The van der Waals surface area contributed by atoms with E-state index in [0.29, 0.717) is 25.1 Å². The molecule has 0 spiro atoms. The first kappa shape index (κ1) is 22.4. The molecule has 150 valence electrons. The number of nitrogens with one attached hydrogen (secondary N) is 3. The van der Waals surface area contributed by atoms with Gasteiger partial charge in [-0.15, -0.1) is 0 Å². The van der Waals surface area contributed by atoms with Crippen molar-refractivity contribution in [2.24, 2.45) is 17.4 Å². The predicted octanol–water partition coefficient (Wildman–Crippen LogP) is 1.10. The molecule has 0 bridgehead atoms. The molecule has 27 heavy (non-hydrogen) atoms. The van der Waals surface area contributed by atoms with Gasteiger partial charge in [0.1, 0.15) is 6.04 Å². The van der Waals surface area contributed by atoms with Gasteiger partial charge in [0.05, 0.1) is 6.04 Å². The number of hydrogen-bond acceptors (Lipinski definition) is 4. The maximum absolute atomic E-state index is 12.6. The molecule has 1 aromatic rings. The Kier molecular flexibility index (Phi) is 9.29. The smallest absolute Gasteiger partial charge is 0.312 e. The molecule has 0 radical (unpaired) electrons. The monoisotopic (exact) mass is 377 g/mol. The lowest BCUT2D eigenvalue weighted by Crippen LogP contribution is -2.51. The number of urea groups is 1. The predicted molar refractivity (Wildman–Crippen MR) is 106 cm³/mol. The third-order valence-corrected chi connectivity index (χ3v) is 4.25. The molecule has 4 amide bonds. The highest BCUT2D eigenvalue weighted by Gasteiger charge is 2.25. The topological polar surface area (TPSA) is 139 Å². The minimum atomic E-state index is -0.761. The lowest BCUT2D eigenvalue weighted by atomic mass is 10.0. The second-order valence-electron chi connectivity index (χ2n) is 6.80. The van der Waals surface area contributed by atoms with Gasteiger partial charge in [-0.3, -0.25) is 9.59 Å². The van der Waals surface area contributed by atoms with Gasteiger partial charge >= 0.3 is 6.03 Å². The molecule has 0 aliphatic rings. The molecule has 2 atom stereocenters. The van der Waals surface area contributed by atoms with E-state index < -0.39 is 18.1 Å². The van der Waals surface area contributed by atoms with E-state index in [0.717, 1.165) is 6.42 Å². The van der Waals surface area contributed by atoms with Crippen LogP contribution in [-0.4, -0.2) is 36.5 Å². The number of hydrogen-bond donors (Lipinski definition) is 5. The van der Waals surface area contributed by atoms with Crippen molar-refractivity contribution in [1.82, 2.24) is 10.6 Å². The highest BCUT2D eigenvalue weighted by atomic mass is 16.2. The summed E-state index contributed by atoms with van der Waals surface area (Å²) < 4.78 is 0. The van der Waals surface area contributed by atoms with Crippen LogP contribution in [0.25, 0.3) is 0 Å². The van der Waals surface area contributed by atoms with Gasteiger partial charge in [0.2, 0.25) is 11.8 Å². The highest BCUT2D eigenvalue weighted by molar-refractivity contribution is 5.97. The average Bonchev–Trinajstić information content (AvgIpc) is 2.63. The van der Waals surface area contributed by atoms with Gasteiger partial charge in [0.25, 0.3) is 0 Å². The molecule has 1 aromatic carbocycles. The molecule has 0 saturated heterocycles. The molecule has 7 N–H and O–H groups in total. The molecule has 1 rings (SSSR count). The Labute approximate surface area is 160 Å². The molecule has 0 fully saturated rings. The minimum absolute atomic E-state index is 0.0492. The molecule has 0 heterocycles. The van der Waals surface area contributed by atoms with Crippen molar-refractivity contribution < 1.29 is 14.4 Å². The molecule has 0 aliphatic carbocycles. The van der Waals surface area contributed by atoms with E-state index in [-0.39, 0.29) is 17.7 Å². The zero-order chi connectivity index (χ0) is 20.4. The van der Waals surface area contributed by atoms with Crippen molar-refractivity contribution in [1.29, 1.82) is 0 Å². The van der Waals surface area contributed by atoms with Gasteiger partial charge in [0, 0.05) is 12.2 Å². The van der Waals surface area contributed by atoms with Crippen molar-refractivity contribution in [2.45, 2.75) is 52.1 Å². The average molecular weight is 377 g/mol. The minimum Gasteiger partial charge on any atom is -0.352 e. The Hall–Kier alpha value is -2.61. The Bertz CT molecular complexity index is 631. The van der Waals surface area contributed by atoms with E-state index in [4.69, 9.17) is 11.5 Å². The quantitative estimate of drug-likeness (QED) is 0.390. The van der Waals surface area contributed by atoms with Crippen LogP contribution >= 0.6 is 0 Å². The lowest BCUT2D eigenvalue weighted by Gasteiger charge is -2.22. The summed E-state index contributed by atoms with van der Waals surface area (Å²) in [7, 11) is 0. The van der Waals surface area contributed by atoms with Crippen LogP contribution in [0.1, 0.15) is 39.2 Å². The molecular formula is C19H31N5O3. The number of carbonyl (C=O) groups excluding carboxylic acids is 3. The summed E-state index contributed by atoms with van der Waals surface area (Å²) in [6.45, 7) is 6.05. The molecule has 0 saturated carbocycles. The zero-order valence-electron chi connectivity index (χ0n) is 16.2. The van der Waals surface area contributed by atoms with Crippen molar-refractivity contribution in [2.75, 3.05) is 11.9 Å². The van der Waals surface area contributed by atoms with Crippen molar-refractivity contribution in [3.8, 4) is 0 Å². The number of nitrogens with two attached hydrogens (primary N) is 2. The number of anilines is 1. The number of aryl methyl sites for hydroxylation is 1. The first-order valence-corrected chi connectivity index (χ1v) is 9.23. The normalized spacial score (nSPS) is 12.9. The third-order valence-electron chi connectivity index (χ3n) is 4.25. The Morgan fingerprint density at radius 3 is 2.22 bits per heavy atom.